The van der Waals surface area contributed by atoms with Crippen molar-refractivity contribution >= 4 is 0 Å². The lowest BCUT2D eigenvalue weighted by Gasteiger charge is -2.55. The third-order valence-corrected chi connectivity index (χ3v) is 12.0. The van der Waals surface area contributed by atoms with Gasteiger partial charge in [-0.25, -0.2) is 0 Å². The van der Waals surface area contributed by atoms with Crippen LogP contribution in [0.1, 0.15) is 114 Å². The van der Waals surface area contributed by atoms with Gasteiger partial charge in [-0.1, -0.05) is 125 Å². The molecule has 0 aromatic heterocycles. The van der Waals surface area contributed by atoms with E-state index in [9.17, 15) is 10.2 Å². The van der Waals surface area contributed by atoms with E-state index in [1.807, 2.05) is 0 Å². The molecule has 2 nitrogen and oxygen atoms in total. The summed E-state index contributed by atoms with van der Waals surface area (Å²) < 4.78 is 0. The SMILES string of the molecule is OC1CCC(C(c2ccccc2)(c2ccccc2)C2CCC(O)C(C3CCCCC3)C2)CC1C1CCCCC1. The fraction of sp³-hybridized carbons (Fsp3) is 0.676. The highest BCUT2D eigenvalue weighted by Gasteiger charge is 2.53. The van der Waals surface area contributed by atoms with Gasteiger partial charge in [0, 0.05) is 5.41 Å². The number of aliphatic hydroxyl groups is 2. The molecular weight excluding hydrogens is 476 g/mol. The van der Waals surface area contributed by atoms with Crippen molar-refractivity contribution in [2.75, 3.05) is 0 Å². The first-order chi connectivity index (χ1) is 19.2. The van der Waals surface area contributed by atoms with E-state index in [1.165, 1.54) is 75.3 Å². The average Bonchev–Trinajstić information content (AvgIpc) is 3.01. The second-order valence-corrected chi connectivity index (χ2v) is 13.9. The van der Waals surface area contributed by atoms with Crippen molar-refractivity contribution in [2.45, 2.75) is 120 Å². The Labute approximate surface area is 237 Å². The molecule has 4 fully saturated rings. The summed E-state index contributed by atoms with van der Waals surface area (Å²) in [5.74, 6) is 3.26. The summed E-state index contributed by atoms with van der Waals surface area (Å²) in [5, 5.41) is 22.7. The highest BCUT2D eigenvalue weighted by atomic mass is 16.3. The molecule has 0 saturated heterocycles. The maximum Gasteiger partial charge on any atom is 0.0571 e. The minimum atomic E-state index is -0.142. The summed E-state index contributed by atoms with van der Waals surface area (Å²) >= 11 is 0. The van der Waals surface area contributed by atoms with E-state index < -0.39 is 0 Å². The van der Waals surface area contributed by atoms with Gasteiger partial charge in [0.2, 0.25) is 0 Å². The number of hydrogen-bond donors (Lipinski definition) is 2. The summed E-state index contributed by atoms with van der Waals surface area (Å²) in [5.41, 5.74) is 2.88. The molecule has 0 radical (unpaired) electrons. The van der Waals surface area contributed by atoms with E-state index in [2.05, 4.69) is 60.7 Å². The zero-order valence-corrected chi connectivity index (χ0v) is 24.1. The third kappa shape index (κ3) is 5.50. The highest BCUT2D eigenvalue weighted by Crippen LogP contribution is 2.58. The lowest BCUT2D eigenvalue weighted by atomic mass is 9.50. The maximum atomic E-state index is 11.4. The van der Waals surface area contributed by atoms with Gasteiger partial charge in [0.05, 0.1) is 12.2 Å². The smallest absolute Gasteiger partial charge is 0.0571 e. The molecule has 0 heterocycles. The molecule has 4 saturated carbocycles. The van der Waals surface area contributed by atoms with Gasteiger partial charge in [-0.3, -0.25) is 0 Å². The van der Waals surface area contributed by atoms with Crippen molar-refractivity contribution in [3.8, 4) is 0 Å². The van der Waals surface area contributed by atoms with Crippen LogP contribution in [-0.4, -0.2) is 22.4 Å². The van der Waals surface area contributed by atoms with E-state index >= 15 is 0 Å². The molecule has 0 aliphatic heterocycles. The predicted molar refractivity (Wildman–Crippen MR) is 160 cm³/mol. The van der Waals surface area contributed by atoms with Gasteiger partial charge in [0.25, 0.3) is 0 Å². The zero-order chi connectivity index (χ0) is 26.7. The van der Waals surface area contributed by atoms with E-state index in [0.29, 0.717) is 35.5 Å². The largest absolute Gasteiger partial charge is 0.393 e. The summed E-state index contributed by atoms with van der Waals surface area (Å²) in [6.07, 6.45) is 19.4. The Morgan fingerprint density at radius 1 is 0.462 bits per heavy atom. The maximum absolute atomic E-state index is 11.4. The van der Waals surface area contributed by atoms with Crippen LogP contribution in [-0.2, 0) is 5.41 Å². The van der Waals surface area contributed by atoms with Crippen LogP contribution in [0.4, 0.5) is 0 Å². The molecule has 6 atom stereocenters. The minimum absolute atomic E-state index is 0.0668. The topological polar surface area (TPSA) is 40.5 Å². The third-order valence-electron chi connectivity index (χ3n) is 12.0. The molecule has 0 spiro atoms. The minimum Gasteiger partial charge on any atom is -0.393 e. The summed E-state index contributed by atoms with van der Waals surface area (Å²) in [6.45, 7) is 0. The van der Waals surface area contributed by atoms with Gasteiger partial charge in [0.15, 0.2) is 0 Å². The number of aliphatic hydroxyl groups excluding tert-OH is 2. The van der Waals surface area contributed by atoms with Crippen LogP contribution in [0, 0.1) is 35.5 Å². The van der Waals surface area contributed by atoms with Crippen LogP contribution >= 0.6 is 0 Å². The van der Waals surface area contributed by atoms with E-state index in [4.69, 9.17) is 0 Å². The lowest BCUT2D eigenvalue weighted by Crippen LogP contribution is -2.51. The molecule has 212 valence electrons. The van der Waals surface area contributed by atoms with Gasteiger partial charge in [-0.15, -0.1) is 0 Å². The van der Waals surface area contributed by atoms with E-state index in [1.54, 1.807) is 0 Å². The van der Waals surface area contributed by atoms with Gasteiger partial charge in [0.1, 0.15) is 0 Å². The van der Waals surface area contributed by atoms with Gasteiger partial charge in [-0.05, 0) is 85.2 Å². The normalized spacial score (nSPS) is 33.6. The Hall–Kier alpha value is -1.64. The van der Waals surface area contributed by atoms with Crippen LogP contribution in [0.3, 0.4) is 0 Å². The predicted octanol–water partition coefficient (Wildman–Crippen LogP) is 8.69. The first kappa shape index (κ1) is 27.5. The summed E-state index contributed by atoms with van der Waals surface area (Å²) in [4.78, 5) is 0. The molecule has 4 aliphatic rings. The van der Waals surface area contributed by atoms with Crippen molar-refractivity contribution in [1.29, 1.82) is 0 Å². The number of hydrogen-bond acceptors (Lipinski definition) is 2. The monoisotopic (exact) mass is 528 g/mol. The van der Waals surface area contributed by atoms with Crippen molar-refractivity contribution in [1.82, 2.24) is 0 Å². The molecule has 0 bridgehead atoms. The first-order valence-electron chi connectivity index (χ1n) is 16.6. The Kier molecular flexibility index (Phi) is 8.81. The molecule has 2 aromatic rings. The molecule has 6 unspecified atom stereocenters. The number of rotatable bonds is 6. The molecular formula is C37H52O2. The number of benzene rings is 2. The Morgan fingerprint density at radius 2 is 0.846 bits per heavy atom. The molecule has 39 heavy (non-hydrogen) atoms. The fourth-order valence-electron chi connectivity index (χ4n) is 10.2. The molecule has 2 N–H and O–H groups in total. The fourth-order valence-corrected chi connectivity index (χ4v) is 10.2. The van der Waals surface area contributed by atoms with Gasteiger partial charge in [-0.2, -0.15) is 0 Å². The standard InChI is InChI=1S/C37H52O2/c38-35-23-21-31(25-33(35)27-13-5-1-6-14-27)37(29-17-9-3-10-18-29,30-19-11-4-12-20-30)32-22-24-36(39)34(26-32)28-15-7-2-8-16-28/h3-4,9-12,17-20,27-28,31-36,38-39H,1-2,5-8,13-16,21-26H2. The van der Waals surface area contributed by atoms with Crippen LogP contribution < -0.4 is 0 Å². The quantitative estimate of drug-likeness (QED) is 0.394. The Balaban J connectivity index is 1.43. The summed E-state index contributed by atoms with van der Waals surface area (Å²) in [6, 6.07) is 23.0. The van der Waals surface area contributed by atoms with Crippen LogP contribution in [0.25, 0.3) is 0 Å². The molecule has 4 aliphatic carbocycles. The zero-order valence-electron chi connectivity index (χ0n) is 24.1. The Bertz CT molecular complexity index is 923. The van der Waals surface area contributed by atoms with E-state index in [-0.39, 0.29) is 17.6 Å². The Morgan fingerprint density at radius 3 is 1.23 bits per heavy atom. The van der Waals surface area contributed by atoms with Crippen LogP contribution in [0.2, 0.25) is 0 Å². The molecule has 0 amide bonds. The first-order valence-corrected chi connectivity index (χ1v) is 16.6. The van der Waals surface area contributed by atoms with Crippen LogP contribution in [0.15, 0.2) is 60.7 Å². The summed E-state index contributed by atoms with van der Waals surface area (Å²) in [7, 11) is 0. The molecule has 2 aromatic carbocycles. The highest BCUT2D eigenvalue weighted by molar-refractivity contribution is 5.42. The average molecular weight is 529 g/mol. The molecule has 6 rings (SSSR count). The second kappa shape index (κ2) is 12.5. The van der Waals surface area contributed by atoms with Crippen molar-refractivity contribution in [3.05, 3.63) is 71.8 Å². The van der Waals surface area contributed by atoms with Crippen LogP contribution in [0.5, 0.6) is 0 Å². The second-order valence-electron chi connectivity index (χ2n) is 13.9. The van der Waals surface area contributed by atoms with Crippen molar-refractivity contribution in [2.24, 2.45) is 35.5 Å². The van der Waals surface area contributed by atoms with E-state index in [0.717, 1.165) is 38.5 Å². The lowest BCUT2D eigenvalue weighted by molar-refractivity contribution is -0.0397. The molecule has 2 heteroatoms. The van der Waals surface area contributed by atoms with Gasteiger partial charge >= 0.3 is 0 Å². The van der Waals surface area contributed by atoms with Crippen molar-refractivity contribution in [3.63, 3.8) is 0 Å². The van der Waals surface area contributed by atoms with Crippen molar-refractivity contribution < 1.29 is 10.2 Å². The van der Waals surface area contributed by atoms with Gasteiger partial charge < -0.3 is 10.2 Å².